The van der Waals surface area contributed by atoms with Crippen LogP contribution >= 0.6 is 0 Å². The Morgan fingerprint density at radius 2 is 1.54 bits per heavy atom. The Balaban J connectivity index is 1.78. The number of hydrogen-bond acceptors (Lipinski definition) is 12. The molecule has 0 radical (unpaired) electrons. The molecule has 0 aromatic heterocycles. The van der Waals surface area contributed by atoms with Crippen molar-refractivity contribution in [3.8, 4) is 0 Å². The van der Waals surface area contributed by atoms with Crippen molar-refractivity contribution in [3.63, 3.8) is 0 Å². The SMILES string of the molecule is C=CC[C@@H]1C=C(C)C[C@H](C)C[C@H](OC)[C@H]2O[C@@](O)(C(=O)C(=O)N3CCCC[C@H]3C(=O)O[C@H]([C@@H]3CC[C@@H](O)[C@H](OC)C3)C(C)=C[C@H](C)[C@@H](O)CC1=O)[C@H](C)C[C@@H]2OC. The largest absolute Gasteiger partial charge is 0.456 e. The molecule has 13 heteroatoms. The number of ketones is 2. The first-order valence-corrected chi connectivity index (χ1v) is 20.9. The molecule has 2 saturated heterocycles. The molecule has 2 bridgehead atoms. The number of Topliss-reactive ketones (excluding diaryl/α,β-unsaturated/α-hetero) is 2. The summed E-state index contributed by atoms with van der Waals surface area (Å²) >= 11 is 0. The van der Waals surface area contributed by atoms with Gasteiger partial charge in [0.15, 0.2) is 0 Å². The van der Waals surface area contributed by atoms with Crippen molar-refractivity contribution in [3.05, 3.63) is 36.0 Å². The first kappa shape index (κ1) is 46.9. The number of amides is 1. The number of hydrogen-bond donors (Lipinski definition) is 3. The van der Waals surface area contributed by atoms with Crippen molar-refractivity contribution in [2.24, 2.45) is 29.6 Å². The van der Waals surface area contributed by atoms with Crippen molar-refractivity contribution >= 4 is 23.4 Å². The monoisotopic (exact) mass is 803 g/mol. The number of esters is 1. The van der Waals surface area contributed by atoms with E-state index in [4.69, 9.17) is 23.7 Å². The van der Waals surface area contributed by atoms with E-state index in [0.29, 0.717) is 56.9 Å². The van der Waals surface area contributed by atoms with Gasteiger partial charge in [-0.3, -0.25) is 14.4 Å². The van der Waals surface area contributed by atoms with E-state index in [1.54, 1.807) is 13.0 Å². The van der Waals surface area contributed by atoms with Gasteiger partial charge in [0.05, 0.1) is 30.5 Å². The highest BCUT2D eigenvalue weighted by Crippen LogP contribution is 2.39. The lowest BCUT2D eigenvalue weighted by Crippen LogP contribution is -2.64. The van der Waals surface area contributed by atoms with Crippen LogP contribution in [0.25, 0.3) is 0 Å². The maximum Gasteiger partial charge on any atom is 0.329 e. The van der Waals surface area contributed by atoms with Gasteiger partial charge in [-0.15, -0.1) is 6.58 Å². The average molecular weight is 804 g/mol. The van der Waals surface area contributed by atoms with Crippen LogP contribution in [0.1, 0.15) is 105 Å². The van der Waals surface area contributed by atoms with Gasteiger partial charge in [0.1, 0.15) is 24.0 Å². The van der Waals surface area contributed by atoms with E-state index in [1.807, 2.05) is 39.8 Å². The Kier molecular flexibility index (Phi) is 17.2. The number of nitrogens with zero attached hydrogens (tertiary/aromatic N) is 1. The van der Waals surface area contributed by atoms with Crippen molar-refractivity contribution < 1.29 is 58.2 Å². The number of piperidine rings is 1. The second-order valence-corrected chi connectivity index (χ2v) is 17.3. The molecule has 0 aromatic carbocycles. The molecule has 3 heterocycles. The minimum atomic E-state index is -2.51. The Bertz CT molecular complexity index is 1480. The van der Waals surface area contributed by atoms with Crippen LogP contribution in [0.5, 0.6) is 0 Å². The molecule has 1 aliphatic carbocycles. The molecule has 4 aliphatic rings. The van der Waals surface area contributed by atoms with E-state index in [0.717, 1.165) is 5.57 Å². The molecule has 14 atom stereocenters. The summed E-state index contributed by atoms with van der Waals surface area (Å²) in [5.41, 5.74) is 1.62. The molecule has 3 N–H and O–H groups in total. The Morgan fingerprint density at radius 1 is 0.877 bits per heavy atom. The summed E-state index contributed by atoms with van der Waals surface area (Å²) in [6.45, 7) is 13.2. The molecule has 322 valence electrons. The van der Waals surface area contributed by atoms with Crippen LogP contribution in [0.2, 0.25) is 0 Å². The van der Waals surface area contributed by atoms with Gasteiger partial charge in [-0.1, -0.05) is 44.6 Å². The van der Waals surface area contributed by atoms with Crippen LogP contribution in [-0.4, -0.2) is 126 Å². The van der Waals surface area contributed by atoms with Gasteiger partial charge in [0, 0.05) is 58.0 Å². The van der Waals surface area contributed by atoms with Gasteiger partial charge < -0.3 is 43.9 Å². The van der Waals surface area contributed by atoms with Gasteiger partial charge in [-0.25, -0.2) is 4.79 Å². The van der Waals surface area contributed by atoms with E-state index in [2.05, 4.69) is 6.58 Å². The molecule has 3 aliphatic heterocycles. The van der Waals surface area contributed by atoms with Crippen molar-refractivity contribution in [2.75, 3.05) is 27.9 Å². The molecular formula is C44H69NO12. The zero-order chi connectivity index (χ0) is 42.2. The predicted octanol–water partition coefficient (Wildman–Crippen LogP) is 4.64. The summed E-state index contributed by atoms with van der Waals surface area (Å²) in [7, 11) is 4.58. The van der Waals surface area contributed by atoms with E-state index in [-0.39, 0.29) is 43.4 Å². The van der Waals surface area contributed by atoms with Crippen LogP contribution < -0.4 is 0 Å². The second kappa shape index (κ2) is 21.0. The van der Waals surface area contributed by atoms with Crippen LogP contribution in [0.15, 0.2) is 36.0 Å². The molecular weight excluding hydrogens is 734 g/mol. The summed E-state index contributed by atoms with van der Waals surface area (Å²) in [6.07, 6.45) is 4.67. The molecule has 4 rings (SSSR count). The number of cyclic esters (lactones) is 1. The topological polar surface area (TPSA) is 178 Å². The molecule has 13 nitrogen and oxygen atoms in total. The number of fused-ring (bicyclic) bond motifs is 3. The number of carbonyl (C=O) groups is 4. The Morgan fingerprint density at radius 3 is 2.19 bits per heavy atom. The fourth-order valence-electron chi connectivity index (χ4n) is 9.45. The normalized spacial score (nSPS) is 40.1. The Hall–Kier alpha value is -2.78. The van der Waals surface area contributed by atoms with Crippen molar-refractivity contribution in [1.29, 1.82) is 0 Å². The summed E-state index contributed by atoms with van der Waals surface area (Å²) in [5.74, 6) is -7.58. The predicted molar refractivity (Wildman–Crippen MR) is 213 cm³/mol. The highest BCUT2D eigenvalue weighted by Gasteiger charge is 2.56. The van der Waals surface area contributed by atoms with Gasteiger partial charge in [-0.05, 0) is 89.5 Å². The molecule has 57 heavy (non-hydrogen) atoms. The number of aliphatic hydroxyl groups excluding tert-OH is 2. The van der Waals surface area contributed by atoms with Crippen LogP contribution in [0.4, 0.5) is 0 Å². The lowest BCUT2D eigenvalue weighted by atomic mass is 9.79. The highest BCUT2D eigenvalue weighted by atomic mass is 16.7. The summed E-state index contributed by atoms with van der Waals surface area (Å²) < 4.78 is 29.9. The zero-order valence-electron chi connectivity index (χ0n) is 35.4. The van der Waals surface area contributed by atoms with Gasteiger partial charge in [-0.2, -0.15) is 0 Å². The molecule has 0 unspecified atom stereocenters. The molecule has 0 spiro atoms. The third-order valence-electron chi connectivity index (χ3n) is 12.9. The van der Waals surface area contributed by atoms with E-state index in [1.165, 1.54) is 26.2 Å². The fraction of sp³-hybridized carbons (Fsp3) is 0.773. The first-order valence-electron chi connectivity index (χ1n) is 20.9. The number of allylic oxidation sites excluding steroid dienone is 3. The van der Waals surface area contributed by atoms with Gasteiger partial charge in [0.2, 0.25) is 5.79 Å². The molecule has 3 fully saturated rings. The maximum atomic E-state index is 14.3. The lowest BCUT2D eigenvalue weighted by molar-refractivity contribution is -0.302. The average Bonchev–Trinajstić information content (AvgIpc) is 3.18. The second-order valence-electron chi connectivity index (χ2n) is 17.3. The number of ether oxygens (including phenoxy) is 5. The Labute approximate surface area is 339 Å². The van der Waals surface area contributed by atoms with Crippen molar-refractivity contribution in [1.82, 2.24) is 4.90 Å². The van der Waals surface area contributed by atoms with E-state index >= 15 is 0 Å². The molecule has 1 saturated carbocycles. The number of aliphatic hydroxyl groups is 3. The number of carbonyl (C=O) groups excluding carboxylic acids is 4. The summed E-state index contributed by atoms with van der Waals surface area (Å²) in [4.78, 5) is 57.7. The van der Waals surface area contributed by atoms with Gasteiger partial charge in [0.25, 0.3) is 11.7 Å². The summed E-state index contributed by atoms with van der Waals surface area (Å²) in [6, 6.07) is -1.10. The summed E-state index contributed by atoms with van der Waals surface area (Å²) in [5, 5.41) is 34.0. The lowest BCUT2D eigenvalue weighted by Gasteiger charge is -2.47. The minimum Gasteiger partial charge on any atom is -0.456 e. The highest BCUT2D eigenvalue weighted by molar-refractivity contribution is 6.39. The molecule has 1 amide bonds. The van der Waals surface area contributed by atoms with Crippen LogP contribution in [0, 0.1) is 29.6 Å². The maximum absolute atomic E-state index is 14.3. The quantitative estimate of drug-likeness (QED) is 0.193. The van der Waals surface area contributed by atoms with Crippen LogP contribution in [-0.2, 0) is 42.9 Å². The minimum absolute atomic E-state index is 0.0107. The van der Waals surface area contributed by atoms with E-state index < -0.39 is 90.0 Å². The molecule has 0 aromatic rings. The first-order chi connectivity index (χ1) is 27.0. The van der Waals surface area contributed by atoms with Crippen molar-refractivity contribution in [2.45, 2.75) is 160 Å². The van der Waals surface area contributed by atoms with E-state index in [9.17, 15) is 34.5 Å². The number of methoxy groups -OCH3 is 3. The van der Waals surface area contributed by atoms with Crippen LogP contribution in [0.3, 0.4) is 0 Å². The third-order valence-corrected chi connectivity index (χ3v) is 12.9. The smallest absolute Gasteiger partial charge is 0.329 e. The van der Waals surface area contributed by atoms with Gasteiger partial charge >= 0.3 is 5.97 Å². The zero-order valence-corrected chi connectivity index (χ0v) is 35.4. The fourth-order valence-corrected chi connectivity index (χ4v) is 9.45. The standard InChI is InChI=1S/C44H69NO12/c1-10-13-30-19-25(2)18-26(3)20-37(54-8)40-38(55-9)22-29(6)44(52,57-40)41(49)42(50)45-17-12-11-14-32(45)43(51)56-39(31-15-16-33(46)36(23-31)53-7)28(5)21-27(4)34(47)24-35(30)48/h10,19,21,26-27,29-34,36-40,46-47,52H,1,11-18,20,22-24H2,2-9H3/t26-,27-,29+,30+,31+,32-,33+,34-,36+,37-,38-,39-,40+,44+/m0/s1. The number of rotatable bonds is 6. The third kappa shape index (κ3) is 11.3.